The Morgan fingerprint density at radius 1 is 0.170 bits per heavy atom. The summed E-state index contributed by atoms with van der Waals surface area (Å²) in [5, 5.41) is 10.1. The van der Waals surface area contributed by atoms with Gasteiger partial charge in [-0.25, -0.2) is 29.9 Å². The lowest BCUT2D eigenvalue weighted by molar-refractivity contribution is 1.07. The largest absolute Gasteiger partial charge is 0.309 e. The van der Waals surface area contributed by atoms with E-state index in [2.05, 4.69) is 337 Å². The lowest BCUT2D eigenvalue weighted by atomic mass is 10.0. The first-order valence-electron chi connectivity index (χ1n) is 37.5. The fraction of sp³-hybridized carbons (Fsp3) is 0. The average Bonchev–Trinajstić information content (AvgIpc) is 1.59. The van der Waals surface area contributed by atoms with E-state index in [-0.39, 0.29) is 0 Å². The molecule has 0 atom stereocenters. The molecule has 0 aliphatic rings. The molecule has 0 unspecified atom stereocenters. The number of aromatic nitrogens is 8. The van der Waals surface area contributed by atoms with Crippen LogP contribution in [-0.2, 0) is 0 Å². The molecule has 8 nitrogen and oxygen atoms in total. The van der Waals surface area contributed by atoms with E-state index in [0.717, 1.165) is 83.5 Å². The van der Waals surface area contributed by atoms with Gasteiger partial charge in [-0.3, -0.25) is 0 Å². The van der Waals surface area contributed by atoms with E-state index < -0.39 is 0 Å². The Bertz CT molecular complexity index is 7370. The van der Waals surface area contributed by atoms with Crippen LogP contribution < -0.4 is 0 Å². The van der Waals surface area contributed by atoms with Gasteiger partial charge in [-0.15, -0.1) is 22.7 Å². The molecule has 112 heavy (non-hydrogen) atoms. The summed E-state index contributed by atoms with van der Waals surface area (Å²) in [4.78, 5) is 30.5. The fourth-order valence-electron chi connectivity index (χ4n) is 16.0. The Balaban J connectivity index is 0.000000141. The zero-order valence-corrected chi connectivity index (χ0v) is 62.0. The Labute approximate surface area is 653 Å². The number of fused-ring (bicyclic) bond motifs is 12. The number of benzene rings is 16. The van der Waals surface area contributed by atoms with Gasteiger partial charge in [0, 0.05) is 107 Å². The van der Waals surface area contributed by atoms with E-state index in [9.17, 15) is 0 Å². The van der Waals surface area contributed by atoms with Crippen LogP contribution in [0.15, 0.2) is 388 Å². The first-order chi connectivity index (χ1) is 55.5. The summed E-state index contributed by atoms with van der Waals surface area (Å²) >= 11 is 3.73. The molecule has 0 aliphatic carbocycles. The molecule has 0 N–H and O–H groups in total. The summed E-state index contributed by atoms with van der Waals surface area (Å²) in [6.45, 7) is 0. The molecule has 524 valence electrons. The van der Waals surface area contributed by atoms with Gasteiger partial charge in [0.1, 0.15) is 0 Å². The topological polar surface area (TPSA) is 87.2 Å². The van der Waals surface area contributed by atoms with Crippen molar-refractivity contribution < 1.29 is 0 Å². The quantitative estimate of drug-likeness (QED) is 0.121. The van der Waals surface area contributed by atoms with E-state index in [0.29, 0.717) is 34.9 Å². The normalized spacial score (nSPS) is 11.6. The zero-order chi connectivity index (χ0) is 74.0. The molecule has 0 spiro atoms. The van der Waals surface area contributed by atoms with Gasteiger partial charge in [0.15, 0.2) is 34.9 Å². The maximum Gasteiger partial charge on any atom is 0.164 e. The van der Waals surface area contributed by atoms with E-state index in [1.807, 2.05) is 83.3 Å². The van der Waals surface area contributed by atoms with Gasteiger partial charge in [0.2, 0.25) is 0 Å². The number of thiophene rings is 2. The minimum atomic E-state index is 0.624. The van der Waals surface area contributed by atoms with Crippen LogP contribution in [0.3, 0.4) is 0 Å². The number of nitrogens with zero attached hydrogens (tertiary/aromatic N) is 8. The van der Waals surface area contributed by atoms with Crippen molar-refractivity contribution >= 4 is 107 Å². The summed E-state index contributed by atoms with van der Waals surface area (Å²) < 4.78 is 10.0. The van der Waals surface area contributed by atoms with Crippen LogP contribution in [0.5, 0.6) is 0 Å². The zero-order valence-electron chi connectivity index (χ0n) is 60.3. The average molecular weight is 1470 g/mol. The molecular formula is C102H64N8S2. The number of hydrogen-bond acceptors (Lipinski definition) is 8. The molecule has 10 heteroatoms. The third-order valence-electron chi connectivity index (χ3n) is 21.3. The van der Waals surface area contributed by atoms with Crippen molar-refractivity contribution in [3.8, 4) is 124 Å². The summed E-state index contributed by atoms with van der Waals surface area (Å²) in [6, 6.07) is 137. The molecule has 6 heterocycles. The van der Waals surface area contributed by atoms with E-state index in [1.54, 1.807) is 0 Å². The monoisotopic (exact) mass is 1460 g/mol. The van der Waals surface area contributed by atoms with Crippen LogP contribution in [0, 0.1) is 0 Å². The van der Waals surface area contributed by atoms with Gasteiger partial charge in [-0.05, 0) is 111 Å². The van der Waals surface area contributed by atoms with Gasteiger partial charge >= 0.3 is 0 Å². The maximum atomic E-state index is 5.15. The van der Waals surface area contributed by atoms with Crippen LogP contribution in [-0.4, -0.2) is 39.0 Å². The molecule has 6 aromatic heterocycles. The standard InChI is InChI=1S/2C51H32N4S/c1-3-14-33(15-4-1)35-18-11-19-37(30-35)50-52-49(34-16-5-2-6-17-34)53-51(54-50)38-20-12-21-39(31-38)55-45-26-9-7-22-41(45)42-29-28-36(32-46(42)55)40-24-13-25-44-43-23-8-10-27-47(43)56-48(40)44;1-3-13-33(14-4-1)34-25-27-36(28-26-34)50-52-49(35-15-5-2-6-16-35)53-51(54-50)38-17-11-18-39(31-38)55-45-23-9-7-19-41(45)42-30-29-37(32-46(42)55)40-21-12-22-44-43-20-8-10-24-47(43)56-48(40)44/h2*1-32H. The minimum Gasteiger partial charge on any atom is -0.309 e. The van der Waals surface area contributed by atoms with Crippen molar-refractivity contribution in [2.45, 2.75) is 0 Å². The van der Waals surface area contributed by atoms with Crippen molar-refractivity contribution in [3.63, 3.8) is 0 Å². The third kappa shape index (κ3) is 11.9. The van der Waals surface area contributed by atoms with Gasteiger partial charge in [-0.1, -0.05) is 322 Å². The SMILES string of the molecule is c1ccc(-c2ccc(-c3nc(-c4ccccc4)nc(-c4cccc(-n5c6ccccc6c6ccc(-c7cccc8c7sc7ccccc78)cc65)c4)n3)cc2)cc1.c1ccc(-c2cccc(-c3nc(-c4ccccc4)nc(-c4cccc(-n5c6ccccc6c6ccc(-c7cccc8c7sc7ccccc78)cc65)c4)n3)c2)cc1. The molecule has 0 fully saturated rings. The second-order valence-corrected chi connectivity index (χ2v) is 30.2. The molecule has 22 aromatic rings. The third-order valence-corrected chi connectivity index (χ3v) is 23.8. The summed E-state index contributed by atoms with van der Waals surface area (Å²) in [5.74, 6) is 3.79. The predicted octanol–water partition coefficient (Wildman–Crippen LogP) is 27.3. The molecule has 0 radical (unpaired) electrons. The van der Waals surface area contributed by atoms with Crippen molar-refractivity contribution in [2.24, 2.45) is 0 Å². The van der Waals surface area contributed by atoms with Gasteiger partial charge < -0.3 is 9.13 Å². The molecule has 0 aliphatic heterocycles. The Morgan fingerprint density at radius 3 is 0.902 bits per heavy atom. The van der Waals surface area contributed by atoms with Crippen molar-refractivity contribution in [1.82, 2.24) is 39.0 Å². The van der Waals surface area contributed by atoms with Gasteiger partial charge in [-0.2, -0.15) is 0 Å². The second kappa shape index (κ2) is 28.0. The minimum absolute atomic E-state index is 0.624. The molecule has 0 saturated heterocycles. The first kappa shape index (κ1) is 65.8. The van der Waals surface area contributed by atoms with E-state index in [4.69, 9.17) is 29.9 Å². The van der Waals surface area contributed by atoms with Crippen molar-refractivity contribution in [3.05, 3.63) is 388 Å². The highest BCUT2D eigenvalue weighted by Crippen LogP contribution is 2.45. The number of hydrogen-bond donors (Lipinski definition) is 0. The predicted molar refractivity (Wildman–Crippen MR) is 468 cm³/mol. The lowest BCUT2D eigenvalue weighted by Gasteiger charge is -2.12. The lowest BCUT2D eigenvalue weighted by Crippen LogP contribution is -2.01. The summed E-state index contributed by atoms with van der Waals surface area (Å²) in [5.41, 5.74) is 21.7. The van der Waals surface area contributed by atoms with Crippen LogP contribution in [0.2, 0.25) is 0 Å². The molecular weight excluding hydrogens is 1400 g/mol. The molecule has 0 amide bonds. The second-order valence-electron chi connectivity index (χ2n) is 28.1. The summed E-state index contributed by atoms with van der Waals surface area (Å²) in [6.07, 6.45) is 0. The van der Waals surface area contributed by atoms with Crippen LogP contribution in [0.4, 0.5) is 0 Å². The Morgan fingerprint density at radius 2 is 0.455 bits per heavy atom. The highest BCUT2D eigenvalue weighted by atomic mass is 32.1. The van der Waals surface area contributed by atoms with Gasteiger partial charge in [0.25, 0.3) is 0 Å². The van der Waals surface area contributed by atoms with Crippen LogP contribution in [0.25, 0.3) is 208 Å². The maximum absolute atomic E-state index is 5.15. The molecule has 22 rings (SSSR count). The molecule has 0 bridgehead atoms. The van der Waals surface area contributed by atoms with Crippen LogP contribution >= 0.6 is 22.7 Å². The Kier molecular flexibility index (Phi) is 16.4. The number of rotatable bonds is 12. The first-order valence-corrected chi connectivity index (χ1v) is 39.2. The van der Waals surface area contributed by atoms with E-state index >= 15 is 0 Å². The Hall–Kier alpha value is -14.4. The van der Waals surface area contributed by atoms with E-state index in [1.165, 1.54) is 89.7 Å². The fourth-order valence-corrected chi connectivity index (χ4v) is 18.4. The van der Waals surface area contributed by atoms with Crippen molar-refractivity contribution in [1.29, 1.82) is 0 Å². The van der Waals surface area contributed by atoms with Gasteiger partial charge in [0.05, 0.1) is 22.1 Å². The van der Waals surface area contributed by atoms with Crippen LogP contribution in [0.1, 0.15) is 0 Å². The highest BCUT2D eigenvalue weighted by molar-refractivity contribution is 7.26. The van der Waals surface area contributed by atoms with Crippen molar-refractivity contribution in [2.75, 3.05) is 0 Å². The molecule has 16 aromatic carbocycles. The number of para-hydroxylation sites is 2. The molecule has 0 saturated carbocycles. The highest BCUT2D eigenvalue weighted by Gasteiger charge is 2.22. The summed E-state index contributed by atoms with van der Waals surface area (Å²) in [7, 11) is 0. The smallest absolute Gasteiger partial charge is 0.164 e.